The van der Waals surface area contributed by atoms with E-state index in [2.05, 4.69) is 0 Å². The minimum atomic E-state index is -0.457. The fourth-order valence-corrected chi connectivity index (χ4v) is 3.03. The van der Waals surface area contributed by atoms with Crippen LogP contribution in [-0.2, 0) is 0 Å². The Bertz CT molecular complexity index is 1100. The zero-order valence-corrected chi connectivity index (χ0v) is 15.8. The smallest absolute Gasteiger partial charge is 0.347 e. The van der Waals surface area contributed by atoms with Crippen molar-refractivity contribution < 1.29 is 19.0 Å². The molecule has 144 valence electrons. The molecule has 0 unspecified atom stereocenters. The number of benzene rings is 4. The highest BCUT2D eigenvalue weighted by Crippen LogP contribution is 2.27. The first-order valence-electron chi connectivity index (χ1n) is 9.41. The van der Waals surface area contributed by atoms with Crippen molar-refractivity contribution in [2.45, 2.75) is 0 Å². The van der Waals surface area contributed by atoms with Crippen LogP contribution < -0.4 is 14.2 Å². The number of hydrogen-bond donors (Lipinski definition) is 0. The Hall–Kier alpha value is -3.79. The molecule has 0 heterocycles. The van der Waals surface area contributed by atoms with Crippen molar-refractivity contribution in [3.8, 4) is 17.2 Å². The topological polar surface area (TPSA) is 44.8 Å². The molecular formula is C25H20O4. The van der Waals surface area contributed by atoms with Gasteiger partial charge in [-0.2, -0.15) is 0 Å². The highest BCUT2D eigenvalue weighted by molar-refractivity contribution is 5.97. The van der Waals surface area contributed by atoms with E-state index in [9.17, 15) is 4.79 Å². The van der Waals surface area contributed by atoms with Crippen LogP contribution in [0.1, 0.15) is 10.4 Å². The summed E-state index contributed by atoms with van der Waals surface area (Å²) in [6.45, 7) is 0.685. The minimum absolute atomic E-state index is 0.313. The Morgan fingerprint density at radius 1 is 0.621 bits per heavy atom. The highest BCUT2D eigenvalue weighted by Gasteiger charge is 2.16. The SMILES string of the molecule is O=C(Oc1cccc2ccccc12)c1ccccc1OCCOc1ccccc1. The van der Waals surface area contributed by atoms with Crippen LogP contribution in [0.5, 0.6) is 17.2 Å². The van der Waals surface area contributed by atoms with Gasteiger partial charge >= 0.3 is 5.97 Å². The van der Waals surface area contributed by atoms with Crippen LogP contribution >= 0.6 is 0 Å². The molecular weight excluding hydrogens is 364 g/mol. The molecule has 29 heavy (non-hydrogen) atoms. The fourth-order valence-electron chi connectivity index (χ4n) is 3.03. The van der Waals surface area contributed by atoms with E-state index in [1.54, 1.807) is 24.3 Å². The van der Waals surface area contributed by atoms with Gasteiger partial charge in [0.2, 0.25) is 0 Å². The quantitative estimate of drug-likeness (QED) is 0.239. The maximum atomic E-state index is 12.8. The van der Waals surface area contributed by atoms with Crippen LogP contribution in [0.15, 0.2) is 97.1 Å². The van der Waals surface area contributed by atoms with Crippen molar-refractivity contribution >= 4 is 16.7 Å². The zero-order chi connectivity index (χ0) is 19.9. The number of ether oxygens (including phenoxy) is 3. The molecule has 0 atom stereocenters. The minimum Gasteiger partial charge on any atom is -0.490 e. The average molecular weight is 384 g/mol. The summed E-state index contributed by atoms with van der Waals surface area (Å²) < 4.78 is 17.1. The van der Waals surface area contributed by atoms with Gasteiger partial charge in [-0.15, -0.1) is 0 Å². The number of carbonyl (C=O) groups is 1. The number of rotatable bonds is 7. The van der Waals surface area contributed by atoms with Crippen molar-refractivity contribution in [2.75, 3.05) is 13.2 Å². The van der Waals surface area contributed by atoms with E-state index < -0.39 is 5.97 Å². The predicted octanol–water partition coefficient (Wildman–Crippen LogP) is 5.52. The van der Waals surface area contributed by atoms with E-state index in [1.165, 1.54) is 0 Å². The van der Waals surface area contributed by atoms with E-state index in [1.807, 2.05) is 72.8 Å². The Labute approximate surface area is 169 Å². The monoisotopic (exact) mass is 384 g/mol. The fraction of sp³-hybridized carbons (Fsp3) is 0.0800. The van der Waals surface area contributed by atoms with E-state index >= 15 is 0 Å². The summed E-state index contributed by atoms with van der Waals surface area (Å²) in [5.74, 6) is 1.31. The van der Waals surface area contributed by atoms with Gasteiger partial charge in [0, 0.05) is 5.39 Å². The number of esters is 1. The summed E-state index contributed by atoms with van der Waals surface area (Å²) in [5.41, 5.74) is 0.375. The second-order valence-electron chi connectivity index (χ2n) is 6.37. The van der Waals surface area contributed by atoms with E-state index in [-0.39, 0.29) is 0 Å². The van der Waals surface area contributed by atoms with Crippen LogP contribution in [0.2, 0.25) is 0 Å². The molecule has 4 aromatic rings. The molecule has 4 rings (SSSR count). The molecule has 0 amide bonds. The van der Waals surface area contributed by atoms with Crippen molar-refractivity contribution in [3.63, 3.8) is 0 Å². The van der Waals surface area contributed by atoms with E-state index in [4.69, 9.17) is 14.2 Å². The molecule has 0 aliphatic heterocycles. The van der Waals surface area contributed by atoms with Crippen LogP contribution in [-0.4, -0.2) is 19.2 Å². The van der Waals surface area contributed by atoms with Crippen molar-refractivity contribution in [3.05, 3.63) is 103 Å². The summed E-state index contributed by atoms with van der Waals surface area (Å²) in [6.07, 6.45) is 0. The molecule has 4 nitrogen and oxygen atoms in total. The first-order chi connectivity index (χ1) is 14.3. The van der Waals surface area contributed by atoms with E-state index in [0.717, 1.165) is 16.5 Å². The first-order valence-corrected chi connectivity index (χ1v) is 9.41. The summed E-state index contributed by atoms with van der Waals surface area (Å²) in [7, 11) is 0. The summed E-state index contributed by atoms with van der Waals surface area (Å²) >= 11 is 0. The van der Waals surface area contributed by atoms with Gasteiger partial charge in [-0.3, -0.25) is 0 Å². The lowest BCUT2D eigenvalue weighted by Gasteiger charge is -2.12. The lowest BCUT2D eigenvalue weighted by atomic mass is 10.1. The number of para-hydroxylation sites is 2. The molecule has 4 aromatic carbocycles. The van der Waals surface area contributed by atoms with Gasteiger partial charge in [-0.1, -0.05) is 66.7 Å². The number of carbonyl (C=O) groups excluding carboxylic acids is 1. The Balaban J connectivity index is 1.44. The van der Waals surface area contributed by atoms with E-state index in [0.29, 0.717) is 30.3 Å². The van der Waals surface area contributed by atoms with Gasteiger partial charge in [0.1, 0.15) is 36.0 Å². The van der Waals surface area contributed by atoms with Crippen LogP contribution in [0.25, 0.3) is 10.8 Å². The van der Waals surface area contributed by atoms with Crippen molar-refractivity contribution in [1.82, 2.24) is 0 Å². The molecule has 0 aliphatic carbocycles. The molecule has 0 spiro atoms. The number of hydrogen-bond acceptors (Lipinski definition) is 4. The molecule has 0 aromatic heterocycles. The maximum absolute atomic E-state index is 12.8. The average Bonchev–Trinajstić information content (AvgIpc) is 2.78. The first kappa shape index (κ1) is 18.6. The molecule has 0 saturated heterocycles. The standard InChI is InChI=1S/C25H20O4/c26-25(29-24-16-8-10-19-9-4-5-13-21(19)24)22-14-6-7-15-23(22)28-18-17-27-20-11-2-1-3-12-20/h1-16H,17-18H2. The zero-order valence-electron chi connectivity index (χ0n) is 15.8. The largest absolute Gasteiger partial charge is 0.490 e. The summed E-state index contributed by atoms with van der Waals surface area (Å²) in [5, 5.41) is 1.90. The van der Waals surface area contributed by atoms with Gasteiger partial charge in [0.25, 0.3) is 0 Å². The summed E-state index contributed by atoms with van der Waals surface area (Å²) in [6, 6.07) is 30.0. The molecule has 0 bridgehead atoms. The number of fused-ring (bicyclic) bond motifs is 1. The second-order valence-corrected chi connectivity index (χ2v) is 6.37. The summed E-state index contributed by atoms with van der Waals surface area (Å²) in [4.78, 5) is 12.8. The third-order valence-electron chi connectivity index (χ3n) is 4.41. The molecule has 0 N–H and O–H groups in total. The highest BCUT2D eigenvalue weighted by atomic mass is 16.5. The third-order valence-corrected chi connectivity index (χ3v) is 4.41. The molecule has 0 aliphatic rings. The Morgan fingerprint density at radius 2 is 1.28 bits per heavy atom. The molecule has 0 saturated carbocycles. The molecule has 4 heteroatoms. The Kier molecular flexibility index (Phi) is 5.72. The van der Waals surface area contributed by atoms with Crippen LogP contribution in [0, 0.1) is 0 Å². The lowest BCUT2D eigenvalue weighted by Crippen LogP contribution is -2.14. The predicted molar refractivity (Wildman–Crippen MR) is 113 cm³/mol. The third kappa shape index (κ3) is 4.55. The normalized spacial score (nSPS) is 10.5. The van der Waals surface area contributed by atoms with Crippen molar-refractivity contribution in [2.24, 2.45) is 0 Å². The molecule has 0 fully saturated rings. The second kappa shape index (κ2) is 8.93. The lowest BCUT2D eigenvalue weighted by molar-refractivity contribution is 0.0731. The maximum Gasteiger partial charge on any atom is 0.347 e. The van der Waals surface area contributed by atoms with Crippen molar-refractivity contribution in [1.29, 1.82) is 0 Å². The van der Waals surface area contributed by atoms with Gasteiger partial charge in [-0.05, 0) is 35.7 Å². The van der Waals surface area contributed by atoms with Gasteiger partial charge in [0.05, 0.1) is 0 Å². The van der Waals surface area contributed by atoms with Gasteiger partial charge < -0.3 is 14.2 Å². The van der Waals surface area contributed by atoms with Gasteiger partial charge in [0.15, 0.2) is 0 Å². The molecule has 0 radical (unpaired) electrons. The Morgan fingerprint density at radius 3 is 2.17 bits per heavy atom. The van der Waals surface area contributed by atoms with Crippen LogP contribution in [0.3, 0.4) is 0 Å². The van der Waals surface area contributed by atoms with Gasteiger partial charge in [-0.25, -0.2) is 4.79 Å². The van der Waals surface area contributed by atoms with Crippen LogP contribution in [0.4, 0.5) is 0 Å².